The SMILES string of the molecule is CCCCOC(=O)c1c(C(=O)OCCCC)c2c(-n3ncc(C(=O)OC)c3N)nc3ccc(Cl)cc3n2c1C(=O)OCCCC. The van der Waals surface area contributed by atoms with Crippen molar-refractivity contribution in [1.82, 2.24) is 19.2 Å². The van der Waals surface area contributed by atoms with Gasteiger partial charge in [0.15, 0.2) is 5.82 Å². The van der Waals surface area contributed by atoms with Crippen LogP contribution in [0.25, 0.3) is 22.4 Å². The largest absolute Gasteiger partial charge is 0.465 e. The number of esters is 4. The number of hydrogen-bond acceptors (Lipinski definition) is 11. The third-order valence-corrected chi connectivity index (χ3v) is 7.23. The Morgan fingerprint density at radius 1 is 0.844 bits per heavy atom. The number of carbonyl (C=O) groups is 4. The van der Waals surface area contributed by atoms with Crippen molar-refractivity contribution >= 4 is 57.8 Å². The molecule has 45 heavy (non-hydrogen) atoms. The van der Waals surface area contributed by atoms with Crippen LogP contribution in [0, 0.1) is 0 Å². The average molecular weight is 642 g/mol. The van der Waals surface area contributed by atoms with Gasteiger partial charge in [0.2, 0.25) is 0 Å². The molecule has 0 spiro atoms. The molecule has 0 aliphatic heterocycles. The van der Waals surface area contributed by atoms with Gasteiger partial charge in [-0.05, 0) is 37.5 Å². The number of nitrogens with zero attached hydrogens (tertiary/aromatic N) is 4. The highest BCUT2D eigenvalue weighted by Crippen LogP contribution is 2.35. The summed E-state index contributed by atoms with van der Waals surface area (Å²) in [5.74, 6) is -3.69. The molecule has 0 saturated heterocycles. The second-order valence-corrected chi connectivity index (χ2v) is 10.6. The number of ether oxygens (including phenoxy) is 4. The van der Waals surface area contributed by atoms with E-state index in [0.717, 1.165) is 23.9 Å². The molecular formula is C31H36ClN5O8. The molecule has 0 bridgehead atoms. The van der Waals surface area contributed by atoms with Crippen molar-refractivity contribution in [2.24, 2.45) is 0 Å². The molecule has 0 aliphatic rings. The summed E-state index contributed by atoms with van der Waals surface area (Å²) in [4.78, 5) is 58.8. The summed E-state index contributed by atoms with van der Waals surface area (Å²) in [6, 6.07) is 4.71. The summed E-state index contributed by atoms with van der Waals surface area (Å²) in [5.41, 5.74) is 5.87. The summed E-state index contributed by atoms with van der Waals surface area (Å²) < 4.78 is 24.1. The molecule has 3 aromatic heterocycles. The molecule has 3 heterocycles. The Balaban J connectivity index is 2.19. The van der Waals surface area contributed by atoms with Crippen LogP contribution in [-0.2, 0) is 18.9 Å². The van der Waals surface area contributed by atoms with Gasteiger partial charge >= 0.3 is 23.9 Å². The number of carbonyl (C=O) groups excluding carboxylic acids is 4. The van der Waals surface area contributed by atoms with E-state index >= 15 is 0 Å². The summed E-state index contributed by atoms with van der Waals surface area (Å²) >= 11 is 6.40. The van der Waals surface area contributed by atoms with Gasteiger partial charge in [0.1, 0.15) is 33.7 Å². The lowest BCUT2D eigenvalue weighted by Gasteiger charge is -2.13. The Morgan fingerprint density at radius 3 is 2.00 bits per heavy atom. The topological polar surface area (TPSA) is 166 Å². The third-order valence-electron chi connectivity index (χ3n) is 6.99. The zero-order chi connectivity index (χ0) is 32.7. The van der Waals surface area contributed by atoms with Crippen LogP contribution in [-0.4, -0.2) is 70.0 Å². The van der Waals surface area contributed by atoms with Crippen LogP contribution in [0.2, 0.25) is 5.02 Å². The molecule has 4 aromatic rings. The van der Waals surface area contributed by atoms with E-state index in [9.17, 15) is 19.2 Å². The highest BCUT2D eigenvalue weighted by molar-refractivity contribution is 6.31. The van der Waals surface area contributed by atoms with E-state index in [2.05, 4.69) is 5.10 Å². The Morgan fingerprint density at radius 2 is 1.42 bits per heavy atom. The van der Waals surface area contributed by atoms with Gasteiger partial charge in [-0.2, -0.15) is 9.78 Å². The van der Waals surface area contributed by atoms with Crippen molar-refractivity contribution in [2.75, 3.05) is 32.7 Å². The first-order chi connectivity index (χ1) is 21.7. The van der Waals surface area contributed by atoms with Crippen molar-refractivity contribution in [1.29, 1.82) is 0 Å². The number of unbranched alkanes of at least 4 members (excludes halogenated alkanes) is 3. The second kappa shape index (κ2) is 14.9. The fourth-order valence-corrected chi connectivity index (χ4v) is 4.80. The van der Waals surface area contributed by atoms with Gasteiger partial charge in [0.05, 0.1) is 44.2 Å². The monoisotopic (exact) mass is 641 g/mol. The zero-order valence-electron chi connectivity index (χ0n) is 25.7. The van der Waals surface area contributed by atoms with Gasteiger partial charge in [0, 0.05) is 5.02 Å². The van der Waals surface area contributed by atoms with Gasteiger partial charge in [-0.25, -0.2) is 24.2 Å². The summed E-state index contributed by atoms with van der Waals surface area (Å²) in [5, 5.41) is 4.55. The molecule has 4 rings (SSSR count). The Bertz CT molecular complexity index is 1750. The highest BCUT2D eigenvalue weighted by Gasteiger charge is 2.37. The first kappa shape index (κ1) is 33.2. The smallest absolute Gasteiger partial charge is 0.356 e. The molecule has 0 amide bonds. The van der Waals surface area contributed by atoms with Gasteiger partial charge in [-0.15, -0.1) is 0 Å². The maximum Gasteiger partial charge on any atom is 0.356 e. The summed E-state index contributed by atoms with van der Waals surface area (Å²) in [7, 11) is 1.19. The quantitative estimate of drug-likeness (QED) is 0.104. The van der Waals surface area contributed by atoms with Gasteiger partial charge in [-0.3, -0.25) is 4.40 Å². The lowest BCUT2D eigenvalue weighted by atomic mass is 10.1. The Kier molecular flexibility index (Phi) is 11.0. The number of nitrogens with two attached hydrogens (primary N) is 1. The maximum absolute atomic E-state index is 13.9. The van der Waals surface area contributed by atoms with Crippen molar-refractivity contribution in [3.63, 3.8) is 0 Å². The van der Waals surface area contributed by atoms with E-state index in [-0.39, 0.29) is 64.9 Å². The van der Waals surface area contributed by atoms with E-state index in [1.807, 2.05) is 20.8 Å². The predicted molar refractivity (Wildman–Crippen MR) is 166 cm³/mol. The summed E-state index contributed by atoms with van der Waals surface area (Å²) in [6.45, 7) is 5.95. The molecule has 13 nitrogen and oxygen atoms in total. The number of benzene rings is 1. The Labute approximate surface area is 264 Å². The lowest BCUT2D eigenvalue weighted by Crippen LogP contribution is -2.18. The molecule has 240 valence electrons. The first-order valence-corrected chi connectivity index (χ1v) is 15.2. The van der Waals surface area contributed by atoms with E-state index < -0.39 is 23.9 Å². The maximum atomic E-state index is 13.9. The standard InChI is InChI=1S/C31H36ClN5O8/c1-5-8-13-43-29(39)22-23(30(40)44-14-9-6-2)25(31(41)45-15-10-7-3)36-21-16-18(32)11-12-20(21)35-27(24(22)36)37-26(33)19(17-34-37)28(38)42-4/h11-12,16-17H,5-10,13-15,33H2,1-4H3. The molecule has 0 unspecified atom stereocenters. The van der Waals surface area contributed by atoms with Crippen molar-refractivity contribution < 1.29 is 38.1 Å². The minimum Gasteiger partial charge on any atom is -0.465 e. The van der Waals surface area contributed by atoms with Crippen molar-refractivity contribution in [2.45, 2.75) is 59.3 Å². The molecule has 0 atom stereocenters. The molecule has 0 fully saturated rings. The first-order valence-electron chi connectivity index (χ1n) is 14.8. The molecule has 0 saturated carbocycles. The van der Waals surface area contributed by atoms with Crippen LogP contribution < -0.4 is 5.73 Å². The number of anilines is 1. The molecule has 2 N–H and O–H groups in total. The van der Waals surface area contributed by atoms with Crippen LogP contribution >= 0.6 is 11.6 Å². The van der Waals surface area contributed by atoms with Gasteiger partial charge < -0.3 is 24.7 Å². The van der Waals surface area contributed by atoms with Gasteiger partial charge in [0.25, 0.3) is 0 Å². The van der Waals surface area contributed by atoms with Gasteiger partial charge in [-0.1, -0.05) is 51.6 Å². The third kappa shape index (κ3) is 6.72. The van der Waals surface area contributed by atoms with Crippen LogP contribution in [0.3, 0.4) is 0 Å². The molecule has 0 aliphatic carbocycles. The molecular weight excluding hydrogens is 606 g/mol. The number of nitrogen functional groups attached to an aromatic ring is 1. The Hall–Kier alpha value is -4.65. The normalized spacial score (nSPS) is 11.1. The van der Waals surface area contributed by atoms with Crippen LogP contribution in [0.1, 0.15) is 101 Å². The number of methoxy groups -OCH3 is 1. The number of hydrogen-bond donors (Lipinski definition) is 1. The number of aromatic nitrogens is 4. The average Bonchev–Trinajstić information content (AvgIpc) is 3.59. The minimum absolute atomic E-state index is 0.0441. The minimum atomic E-state index is -0.929. The fourth-order valence-electron chi connectivity index (χ4n) is 4.63. The number of halogens is 1. The zero-order valence-corrected chi connectivity index (χ0v) is 26.4. The summed E-state index contributed by atoms with van der Waals surface area (Å²) in [6.07, 6.45) is 5.08. The van der Waals surface area contributed by atoms with Crippen molar-refractivity contribution in [3.8, 4) is 5.82 Å². The fraction of sp³-hybridized carbons (Fsp3) is 0.419. The van der Waals surface area contributed by atoms with Crippen LogP contribution in [0.15, 0.2) is 24.4 Å². The second-order valence-electron chi connectivity index (χ2n) is 10.2. The van der Waals surface area contributed by atoms with Crippen LogP contribution in [0.4, 0.5) is 5.82 Å². The van der Waals surface area contributed by atoms with E-state index in [1.54, 1.807) is 12.1 Å². The van der Waals surface area contributed by atoms with Crippen molar-refractivity contribution in [3.05, 3.63) is 51.8 Å². The van der Waals surface area contributed by atoms with Crippen LogP contribution in [0.5, 0.6) is 0 Å². The van der Waals surface area contributed by atoms with E-state index in [0.29, 0.717) is 29.8 Å². The molecule has 1 aromatic carbocycles. The molecule has 0 radical (unpaired) electrons. The number of fused-ring (bicyclic) bond motifs is 3. The highest BCUT2D eigenvalue weighted by atomic mass is 35.5. The molecule has 14 heteroatoms. The predicted octanol–water partition coefficient (Wildman–Crippen LogP) is 5.57. The van der Waals surface area contributed by atoms with E-state index in [1.165, 1.54) is 23.8 Å². The number of rotatable bonds is 14. The van der Waals surface area contributed by atoms with E-state index in [4.69, 9.17) is 41.3 Å². The lowest BCUT2D eigenvalue weighted by molar-refractivity contribution is 0.0433.